The van der Waals surface area contributed by atoms with E-state index in [1.165, 1.54) is 23.1 Å². The number of nitrogens with zero attached hydrogens (tertiary/aromatic N) is 2. The first kappa shape index (κ1) is 26.5. The molecule has 198 valence electrons. The second kappa shape index (κ2) is 10.5. The molecule has 6 rings (SSSR count). The average Bonchev–Trinajstić information content (AvgIpc) is 3.58. The molecular weight excluding hydrogens is 492 g/mol. The van der Waals surface area contributed by atoms with Gasteiger partial charge in [0, 0.05) is 24.0 Å². The standard InChI is InChI=1S/C32H36N4O.ClH/c1-20(2)28-26-25-14-9-19-35(25)30(23-15-17-24(18-16-23)31(33)34)27(26)32(37)36(28)29(21-10-5-3-6-11-21)22-12-7-4-8-13-22;/h3-8,10-13,15-18,20,25-30H,9,14,19H2,1-2H3,(H3,33,34);1H/t25-,26-,27-,28+,30-;/m0./s1. The number of benzene rings is 3. The molecule has 0 spiro atoms. The van der Waals surface area contributed by atoms with Gasteiger partial charge in [-0.1, -0.05) is 86.6 Å². The topological polar surface area (TPSA) is 75.2 Å². The summed E-state index contributed by atoms with van der Waals surface area (Å²) in [5.74, 6) is 1.21. The molecule has 5 nitrogen and oxygen atoms in total. The summed E-state index contributed by atoms with van der Waals surface area (Å²) >= 11 is 0. The first-order chi connectivity index (χ1) is 18.0. The fourth-order valence-electron chi connectivity index (χ4n) is 7.59. The molecule has 4 N–H and O–H groups in total. The van der Waals surface area contributed by atoms with Crippen molar-refractivity contribution in [2.75, 3.05) is 6.54 Å². The van der Waals surface area contributed by atoms with E-state index >= 15 is 0 Å². The van der Waals surface area contributed by atoms with Gasteiger partial charge in [0.1, 0.15) is 0 Å². The molecule has 0 unspecified atom stereocenters. The lowest BCUT2D eigenvalue weighted by Gasteiger charge is -2.40. The van der Waals surface area contributed by atoms with Crippen molar-refractivity contribution in [3.8, 4) is 0 Å². The van der Waals surface area contributed by atoms with Crippen molar-refractivity contribution in [2.24, 2.45) is 23.5 Å². The van der Waals surface area contributed by atoms with Crippen LogP contribution >= 0.6 is 0 Å². The fourth-order valence-corrected chi connectivity index (χ4v) is 7.59. The highest BCUT2D eigenvalue weighted by atomic mass is 35.5. The highest BCUT2D eigenvalue weighted by Gasteiger charge is 2.64. The summed E-state index contributed by atoms with van der Waals surface area (Å²) in [5.41, 5.74) is 10.2. The molecule has 38 heavy (non-hydrogen) atoms. The van der Waals surface area contributed by atoms with Gasteiger partial charge in [0.05, 0.1) is 17.5 Å². The van der Waals surface area contributed by atoms with Crippen molar-refractivity contribution in [3.05, 3.63) is 107 Å². The lowest BCUT2D eigenvalue weighted by molar-refractivity contribution is -0.135. The van der Waals surface area contributed by atoms with E-state index in [-0.39, 0.29) is 42.4 Å². The van der Waals surface area contributed by atoms with E-state index in [4.69, 9.17) is 11.1 Å². The minimum absolute atomic E-state index is 0. The van der Waals surface area contributed by atoms with Crippen molar-refractivity contribution in [2.45, 2.75) is 50.9 Å². The van der Waals surface area contributed by atoms with Gasteiger partial charge >= 0.3 is 0 Å². The molecule has 0 radical (unpaired) electrons. The minimum Gasteiger partial charge on any atom is -1.00 e. The van der Waals surface area contributed by atoms with Crippen LogP contribution in [0.4, 0.5) is 0 Å². The average molecular weight is 529 g/mol. The normalized spacial score (nSPS) is 26.5. The van der Waals surface area contributed by atoms with Gasteiger partial charge in [0.15, 0.2) is 0 Å². The van der Waals surface area contributed by atoms with Gasteiger partial charge in [-0.15, -0.1) is 0 Å². The SMILES string of the molecule is CC(C)[C@@H]1[C@@H]2[C@H](C(=O)N1C(c1ccccc1)c1ccccc1)[C@H](c1ccc(C(N)=[NH2+])cc1)N1CCC[C@@H]21.[Cl-]. The summed E-state index contributed by atoms with van der Waals surface area (Å²) in [6.45, 7) is 5.64. The number of halogens is 1. The maximum absolute atomic E-state index is 14.7. The monoisotopic (exact) mass is 528 g/mol. The molecule has 0 aromatic heterocycles. The molecule has 3 heterocycles. The summed E-state index contributed by atoms with van der Waals surface area (Å²) in [4.78, 5) is 19.6. The highest BCUT2D eigenvalue weighted by molar-refractivity contribution is 5.92. The van der Waals surface area contributed by atoms with Crippen molar-refractivity contribution in [1.82, 2.24) is 9.80 Å². The zero-order chi connectivity index (χ0) is 25.7. The van der Waals surface area contributed by atoms with E-state index < -0.39 is 0 Å². The van der Waals surface area contributed by atoms with Crippen LogP contribution in [-0.4, -0.2) is 40.2 Å². The Labute approximate surface area is 231 Å². The molecule has 3 aromatic carbocycles. The molecule has 1 amide bonds. The number of hydrogen-bond donors (Lipinski definition) is 2. The van der Waals surface area contributed by atoms with E-state index in [0.29, 0.717) is 23.7 Å². The first-order valence-corrected chi connectivity index (χ1v) is 13.6. The first-order valence-electron chi connectivity index (χ1n) is 13.6. The van der Waals surface area contributed by atoms with Gasteiger partial charge in [0.2, 0.25) is 5.91 Å². The molecule has 3 fully saturated rings. The van der Waals surface area contributed by atoms with Gasteiger partial charge in [-0.3, -0.25) is 20.8 Å². The molecule has 6 heteroatoms. The van der Waals surface area contributed by atoms with Gasteiger partial charge in [0.25, 0.3) is 5.84 Å². The Hall–Kier alpha value is -3.15. The molecule has 0 saturated carbocycles. The van der Waals surface area contributed by atoms with Gasteiger partial charge in [-0.2, -0.15) is 0 Å². The minimum atomic E-state index is -0.0996. The largest absolute Gasteiger partial charge is 1.00 e. The summed E-state index contributed by atoms with van der Waals surface area (Å²) < 4.78 is 0. The molecule has 3 aliphatic heterocycles. The summed E-state index contributed by atoms with van der Waals surface area (Å²) in [7, 11) is 0. The third-order valence-corrected chi connectivity index (χ3v) is 8.93. The quantitative estimate of drug-likeness (QED) is 0.363. The molecule has 5 atom stereocenters. The molecule has 3 aromatic rings. The molecule has 3 saturated heterocycles. The van der Waals surface area contributed by atoms with Crippen LogP contribution in [0.2, 0.25) is 0 Å². The van der Waals surface area contributed by atoms with Crippen LogP contribution in [0, 0.1) is 17.8 Å². The molecule has 0 bridgehead atoms. The second-order valence-electron chi connectivity index (χ2n) is 11.3. The van der Waals surface area contributed by atoms with Crippen molar-refractivity contribution < 1.29 is 22.6 Å². The van der Waals surface area contributed by atoms with Gasteiger partial charge in [-0.05, 0) is 54.1 Å². The Morgan fingerprint density at radius 2 is 1.50 bits per heavy atom. The molecular formula is C32H37ClN4O. The Morgan fingerprint density at radius 3 is 2.03 bits per heavy atom. The number of likely N-dealkylation sites (tertiary alicyclic amines) is 1. The fraction of sp³-hybridized carbons (Fsp3) is 0.375. The zero-order valence-corrected chi connectivity index (χ0v) is 22.8. The highest BCUT2D eigenvalue weighted by Crippen LogP contribution is 2.58. The number of nitrogens with two attached hydrogens (primary N) is 2. The molecule has 3 aliphatic rings. The van der Waals surface area contributed by atoms with Crippen molar-refractivity contribution in [1.29, 1.82) is 0 Å². The van der Waals surface area contributed by atoms with Crippen molar-refractivity contribution in [3.63, 3.8) is 0 Å². The third kappa shape index (κ3) is 4.22. The number of rotatable bonds is 6. The second-order valence-corrected chi connectivity index (χ2v) is 11.3. The smallest absolute Gasteiger partial charge is 0.270 e. The summed E-state index contributed by atoms with van der Waals surface area (Å²) in [6.07, 6.45) is 2.34. The van der Waals surface area contributed by atoms with Crippen LogP contribution in [0.25, 0.3) is 0 Å². The van der Waals surface area contributed by atoms with Crippen LogP contribution in [-0.2, 0) is 4.79 Å². The number of fused-ring (bicyclic) bond motifs is 3. The van der Waals surface area contributed by atoms with Crippen LogP contribution in [0.1, 0.15) is 61.0 Å². The molecule has 0 aliphatic carbocycles. The van der Waals surface area contributed by atoms with Gasteiger partial charge in [-0.25, -0.2) is 0 Å². The van der Waals surface area contributed by atoms with Crippen LogP contribution < -0.4 is 23.5 Å². The van der Waals surface area contributed by atoms with E-state index in [0.717, 1.165) is 18.5 Å². The lowest BCUT2D eigenvalue weighted by atomic mass is 9.78. The Bertz CT molecular complexity index is 1240. The maximum atomic E-state index is 14.7. The number of carbonyl (C=O) groups excluding carboxylic acids is 1. The Kier molecular flexibility index (Phi) is 7.34. The zero-order valence-electron chi connectivity index (χ0n) is 22.1. The third-order valence-electron chi connectivity index (χ3n) is 8.93. The number of amidine groups is 1. The van der Waals surface area contributed by atoms with E-state index in [2.05, 4.69) is 84.3 Å². The lowest BCUT2D eigenvalue weighted by Crippen LogP contribution is -3.00. The summed E-state index contributed by atoms with van der Waals surface area (Å²) in [5, 5.41) is 5.85. The van der Waals surface area contributed by atoms with Crippen LogP contribution in [0.3, 0.4) is 0 Å². The predicted octanol–water partition coefficient (Wildman–Crippen LogP) is 0.563. The van der Waals surface area contributed by atoms with Crippen molar-refractivity contribution >= 4 is 11.7 Å². The van der Waals surface area contributed by atoms with E-state index in [9.17, 15) is 4.79 Å². The maximum Gasteiger partial charge on any atom is 0.270 e. The number of carbonyl (C=O) groups is 1. The predicted molar refractivity (Wildman–Crippen MR) is 146 cm³/mol. The number of hydrogen-bond acceptors (Lipinski definition) is 2. The van der Waals surface area contributed by atoms with Crippen LogP contribution in [0.15, 0.2) is 84.9 Å². The van der Waals surface area contributed by atoms with E-state index in [1.54, 1.807) is 0 Å². The Balaban J connectivity index is 0.00000294. The van der Waals surface area contributed by atoms with Crippen LogP contribution in [0.5, 0.6) is 0 Å². The number of amides is 1. The summed E-state index contributed by atoms with van der Waals surface area (Å²) in [6, 6.07) is 29.9. The van der Waals surface area contributed by atoms with Gasteiger partial charge < -0.3 is 17.3 Å². The Morgan fingerprint density at radius 1 is 0.921 bits per heavy atom. The van der Waals surface area contributed by atoms with E-state index in [1.807, 2.05) is 24.3 Å².